The Labute approximate surface area is 138 Å². The first kappa shape index (κ1) is 15.8. The van der Waals surface area contributed by atoms with Gasteiger partial charge in [-0.05, 0) is 28.1 Å². The third-order valence-electron chi connectivity index (χ3n) is 2.50. The van der Waals surface area contributed by atoms with Gasteiger partial charge in [-0.2, -0.15) is 0 Å². The van der Waals surface area contributed by atoms with Gasteiger partial charge in [-0.25, -0.2) is 4.98 Å². The number of halogens is 3. The van der Waals surface area contributed by atoms with Gasteiger partial charge in [-0.1, -0.05) is 23.2 Å². The van der Waals surface area contributed by atoms with Crippen molar-refractivity contribution in [3.05, 3.63) is 49.5 Å². The van der Waals surface area contributed by atoms with Gasteiger partial charge in [0, 0.05) is 11.9 Å². The molecule has 0 aliphatic carbocycles. The second-order valence-corrected chi connectivity index (χ2v) is 5.75. The smallest absolute Gasteiger partial charge is 0.268 e. The van der Waals surface area contributed by atoms with E-state index in [1.807, 2.05) is 0 Å². The van der Waals surface area contributed by atoms with E-state index >= 15 is 0 Å². The number of anilines is 2. The number of carbonyl (C=O) groups is 1. The predicted octanol–water partition coefficient (Wildman–Crippen LogP) is 2.53. The summed E-state index contributed by atoms with van der Waals surface area (Å²) in [4.78, 5) is 27.6. The molecule has 0 saturated carbocycles. The van der Waals surface area contributed by atoms with Gasteiger partial charge in [0.05, 0.1) is 22.1 Å². The van der Waals surface area contributed by atoms with Crippen LogP contribution in [0, 0.1) is 0 Å². The first-order chi connectivity index (χ1) is 9.88. The highest BCUT2D eigenvalue weighted by Crippen LogP contribution is 2.32. The molecule has 3 N–H and O–H groups in total. The average Bonchev–Trinajstić information content (AvgIpc) is 2.39. The lowest BCUT2D eigenvalue weighted by molar-refractivity contribution is -0.116. The number of aromatic nitrogens is 2. The molecule has 6 nitrogen and oxygen atoms in total. The molecule has 1 amide bonds. The van der Waals surface area contributed by atoms with E-state index in [2.05, 4.69) is 26.2 Å². The summed E-state index contributed by atoms with van der Waals surface area (Å²) in [5.74, 6) is -0.467. The Hall–Kier alpha value is -1.57. The lowest BCUT2D eigenvalue weighted by Crippen LogP contribution is -2.28. The monoisotopic (exact) mass is 390 g/mol. The SMILES string of the molecule is Nc1cc(Cl)c(NC(=O)Cn2cncc(Br)c2=O)c(Cl)c1. The van der Waals surface area contributed by atoms with Crippen LogP contribution in [0.25, 0.3) is 0 Å². The highest BCUT2D eigenvalue weighted by molar-refractivity contribution is 9.10. The van der Waals surface area contributed by atoms with E-state index in [4.69, 9.17) is 28.9 Å². The molecule has 110 valence electrons. The van der Waals surface area contributed by atoms with E-state index in [1.54, 1.807) is 0 Å². The molecule has 1 heterocycles. The molecule has 1 aromatic heterocycles. The van der Waals surface area contributed by atoms with Gasteiger partial charge < -0.3 is 11.1 Å². The molecule has 0 aliphatic heterocycles. The second-order valence-electron chi connectivity index (χ2n) is 4.08. The summed E-state index contributed by atoms with van der Waals surface area (Å²) >= 11 is 15.0. The van der Waals surface area contributed by atoms with Crippen molar-refractivity contribution in [2.45, 2.75) is 6.54 Å². The van der Waals surface area contributed by atoms with Crippen molar-refractivity contribution in [2.24, 2.45) is 0 Å². The molecule has 21 heavy (non-hydrogen) atoms. The van der Waals surface area contributed by atoms with Crippen molar-refractivity contribution in [2.75, 3.05) is 11.1 Å². The maximum atomic E-state index is 12.0. The molecule has 0 saturated heterocycles. The van der Waals surface area contributed by atoms with Crippen LogP contribution < -0.4 is 16.6 Å². The van der Waals surface area contributed by atoms with Gasteiger partial charge >= 0.3 is 0 Å². The molecule has 0 spiro atoms. The van der Waals surface area contributed by atoms with E-state index in [9.17, 15) is 9.59 Å². The van der Waals surface area contributed by atoms with Gasteiger partial charge in [0.2, 0.25) is 5.91 Å². The molecule has 1 aromatic carbocycles. The minimum atomic E-state index is -0.467. The molecule has 0 radical (unpaired) electrons. The number of nitrogen functional groups attached to an aromatic ring is 1. The van der Waals surface area contributed by atoms with Crippen molar-refractivity contribution < 1.29 is 4.79 Å². The fourth-order valence-electron chi connectivity index (χ4n) is 1.58. The molecule has 2 rings (SSSR count). The molecule has 0 bridgehead atoms. The van der Waals surface area contributed by atoms with Crippen LogP contribution in [0.4, 0.5) is 11.4 Å². The Morgan fingerprint density at radius 2 is 2.00 bits per heavy atom. The number of nitrogens with zero attached hydrogens (tertiary/aromatic N) is 2. The summed E-state index contributed by atoms with van der Waals surface area (Å²) in [5, 5.41) is 2.97. The zero-order valence-electron chi connectivity index (χ0n) is 10.4. The summed E-state index contributed by atoms with van der Waals surface area (Å²) in [7, 11) is 0. The van der Waals surface area contributed by atoms with Crippen LogP contribution in [0.3, 0.4) is 0 Å². The Morgan fingerprint density at radius 3 is 2.62 bits per heavy atom. The van der Waals surface area contributed by atoms with E-state index in [0.29, 0.717) is 5.69 Å². The van der Waals surface area contributed by atoms with E-state index in [1.165, 1.54) is 24.7 Å². The van der Waals surface area contributed by atoms with Crippen molar-refractivity contribution in [1.29, 1.82) is 0 Å². The number of nitrogens with one attached hydrogen (secondary N) is 1. The van der Waals surface area contributed by atoms with Crippen molar-refractivity contribution in [3.8, 4) is 0 Å². The van der Waals surface area contributed by atoms with Crippen LogP contribution in [-0.2, 0) is 11.3 Å². The quantitative estimate of drug-likeness (QED) is 0.786. The molecular weight excluding hydrogens is 383 g/mol. The first-order valence-electron chi connectivity index (χ1n) is 5.63. The molecule has 9 heteroatoms. The maximum absolute atomic E-state index is 12.0. The third kappa shape index (κ3) is 3.75. The summed E-state index contributed by atoms with van der Waals surface area (Å²) in [5.41, 5.74) is 5.84. The zero-order chi connectivity index (χ0) is 15.6. The lowest BCUT2D eigenvalue weighted by Gasteiger charge is -2.11. The van der Waals surface area contributed by atoms with Gasteiger partial charge in [-0.3, -0.25) is 14.2 Å². The van der Waals surface area contributed by atoms with Crippen LogP contribution in [0.1, 0.15) is 0 Å². The molecule has 0 fully saturated rings. The third-order valence-corrected chi connectivity index (χ3v) is 3.64. The Kier molecular flexibility index (Phi) is 4.87. The number of rotatable bonds is 3. The highest BCUT2D eigenvalue weighted by Gasteiger charge is 2.12. The predicted molar refractivity (Wildman–Crippen MR) is 85.7 cm³/mol. The summed E-state index contributed by atoms with van der Waals surface area (Å²) in [6.07, 6.45) is 2.61. The van der Waals surface area contributed by atoms with E-state index in [-0.39, 0.29) is 32.3 Å². The number of amides is 1. The summed E-state index contributed by atoms with van der Waals surface area (Å²) in [6, 6.07) is 2.94. The molecule has 0 atom stereocenters. The zero-order valence-corrected chi connectivity index (χ0v) is 13.5. The average molecular weight is 392 g/mol. The Morgan fingerprint density at radius 1 is 1.38 bits per heavy atom. The van der Waals surface area contributed by atoms with Gasteiger partial charge in [0.1, 0.15) is 11.0 Å². The maximum Gasteiger partial charge on any atom is 0.268 e. The molecule has 0 aliphatic rings. The van der Waals surface area contributed by atoms with Crippen molar-refractivity contribution in [1.82, 2.24) is 9.55 Å². The number of nitrogens with two attached hydrogens (primary N) is 1. The standard InChI is InChI=1S/C12H9BrCl2N4O2/c13-7-3-17-5-19(12(7)21)4-10(20)18-11-8(14)1-6(16)2-9(11)15/h1-3,5H,4,16H2,(H,18,20). The van der Waals surface area contributed by atoms with Crippen LogP contribution in [-0.4, -0.2) is 15.5 Å². The minimum Gasteiger partial charge on any atom is -0.399 e. The number of hydrogen-bond acceptors (Lipinski definition) is 4. The van der Waals surface area contributed by atoms with Gasteiger partial charge in [0.15, 0.2) is 0 Å². The van der Waals surface area contributed by atoms with Crippen LogP contribution >= 0.6 is 39.1 Å². The summed E-state index contributed by atoms with van der Waals surface area (Å²) in [6.45, 7) is -0.220. The Balaban J connectivity index is 2.20. The van der Waals surface area contributed by atoms with E-state index < -0.39 is 5.91 Å². The number of hydrogen-bond donors (Lipinski definition) is 2. The Bertz CT molecular complexity index is 740. The van der Waals surface area contributed by atoms with Crippen LogP contribution in [0.2, 0.25) is 10.0 Å². The number of carbonyl (C=O) groups excluding carboxylic acids is 1. The molecule has 0 unspecified atom stereocenters. The van der Waals surface area contributed by atoms with Crippen molar-refractivity contribution >= 4 is 56.4 Å². The lowest BCUT2D eigenvalue weighted by atomic mass is 10.3. The van der Waals surface area contributed by atoms with Gasteiger partial charge in [0.25, 0.3) is 5.56 Å². The van der Waals surface area contributed by atoms with Crippen LogP contribution in [0.5, 0.6) is 0 Å². The fourth-order valence-corrected chi connectivity index (χ4v) is 2.53. The highest BCUT2D eigenvalue weighted by atomic mass is 79.9. The topological polar surface area (TPSA) is 90.0 Å². The van der Waals surface area contributed by atoms with Gasteiger partial charge in [-0.15, -0.1) is 0 Å². The molecule has 2 aromatic rings. The first-order valence-corrected chi connectivity index (χ1v) is 7.17. The van der Waals surface area contributed by atoms with Crippen molar-refractivity contribution in [3.63, 3.8) is 0 Å². The van der Waals surface area contributed by atoms with Crippen LogP contribution in [0.15, 0.2) is 33.9 Å². The van der Waals surface area contributed by atoms with E-state index in [0.717, 1.165) is 4.57 Å². The largest absolute Gasteiger partial charge is 0.399 e. The fraction of sp³-hybridized carbons (Fsp3) is 0.0833. The summed E-state index contributed by atoms with van der Waals surface area (Å²) < 4.78 is 1.42. The second kappa shape index (κ2) is 6.46. The number of benzene rings is 1. The molecular formula is C12H9BrCl2N4O2. The minimum absolute atomic E-state index is 0.216. The normalized spacial score (nSPS) is 10.4.